The summed E-state index contributed by atoms with van der Waals surface area (Å²) in [7, 11) is -1.88. The Balaban J connectivity index is 0.00000338. The SMILES string of the molecule is CN=C(NCc1ccc(S(N)(=O)=O)cc1)NC1CCC(C(C)C)CC1.I. The van der Waals surface area contributed by atoms with Gasteiger partial charge < -0.3 is 10.6 Å². The van der Waals surface area contributed by atoms with Crippen LogP contribution in [0, 0.1) is 11.8 Å². The molecule has 0 aliphatic heterocycles. The predicted octanol–water partition coefficient (Wildman–Crippen LogP) is 2.83. The average Bonchev–Trinajstić information content (AvgIpc) is 2.58. The van der Waals surface area contributed by atoms with Crippen LogP contribution in [0.15, 0.2) is 34.2 Å². The maximum absolute atomic E-state index is 11.3. The molecule has 0 aromatic heterocycles. The minimum atomic E-state index is -3.64. The van der Waals surface area contributed by atoms with E-state index in [0.717, 1.165) is 23.4 Å². The molecule has 6 nitrogen and oxygen atoms in total. The van der Waals surface area contributed by atoms with Gasteiger partial charge in [-0.15, -0.1) is 24.0 Å². The van der Waals surface area contributed by atoms with E-state index in [-0.39, 0.29) is 28.9 Å². The van der Waals surface area contributed by atoms with E-state index in [4.69, 9.17) is 5.14 Å². The van der Waals surface area contributed by atoms with Crippen molar-refractivity contribution in [2.45, 2.75) is 57.0 Å². The van der Waals surface area contributed by atoms with Gasteiger partial charge in [0.15, 0.2) is 5.96 Å². The Bertz CT molecular complexity index is 682. The number of sulfonamides is 1. The smallest absolute Gasteiger partial charge is 0.238 e. The fourth-order valence-corrected chi connectivity index (χ4v) is 3.82. The second-order valence-corrected chi connectivity index (χ2v) is 8.68. The summed E-state index contributed by atoms with van der Waals surface area (Å²) in [5.41, 5.74) is 0.971. The number of rotatable bonds is 5. The van der Waals surface area contributed by atoms with Gasteiger partial charge in [0.1, 0.15) is 0 Å². The zero-order valence-electron chi connectivity index (χ0n) is 15.7. The highest BCUT2D eigenvalue weighted by atomic mass is 127. The maximum Gasteiger partial charge on any atom is 0.238 e. The van der Waals surface area contributed by atoms with Crippen molar-refractivity contribution in [3.05, 3.63) is 29.8 Å². The largest absolute Gasteiger partial charge is 0.354 e. The molecule has 1 aromatic rings. The molecule has 1 saturated carbocycles. The van der Waals surface area contributed by atoms with Crippen molar-refractivity contribution in [3.63, 3.8) is 0 Å². The lowest BCUT2D eigenvalue weighted by Gasteiger charge is -2.32. The van der Waals surface area contributed by atoms with Crippen LogP contribution in [-0.4, -0.2) is 27.5 Å². The summed E-state index contributed by atoms with van der Waals surface area (Å²) in [5.74, 6) is 2.38. The van der Waals surface area contributed by atoms with Crippen molar-refractivity contribution in [2.24, 2.45) is 22.0 Å². The minimum Gasteiger partial charge on any atom is -0.354 e. The lowest BCUT2D eigenvalue weighted by Crippen LogP contribution is -2.44. The molecule has 148 valence electrons. The van der Waals surface area contributed by atoms with Crippen LogP contribution >= 0.6 is 24.0 Å². The third-order valence-corrected chi connectivity index (χ3v) is 5.92. The topological polar surface area (TPSA) is 96.6 Å². The number of halogens is 1. The Morgan fingerprint density at radius 2 is 1.77 bits per heavy atom. The van der Waals surface area contributed by atoms with Crippen molar-refractivity contribution < 1.29 is 8.42 Å². The molecule has 0 spiro atoms. The Hall–Kier alpha value is -0.870. The van der Waals surface area contributed by atoms with E-state index in [1.54, 1.807) is 19.2 Å². The molecule has 0 heterocycles. The molecule has 2 rings (SSSR count). The lowest BCUT2D eigenvalue weighted by atomic mass is 9.80. The van der Waals surface area contributed by atoms with Gasteiger partial charge in [0.2, 0.25) is 10.0 Å². The van der Waals surface area contributed by atoms with E-state index >= 15 is 0 Å². The highest BCUT2D eigenvalue weighted by Gasteiger charge is 2.23. The van der Waals surface area contributed by atoms with Crippen molar-refractivity contribution in [1.29, 1.82) is 0 Å². The number of nitrogens with zero attached hydrogens (tertiary/aromatic N) is 1. The maximum atomic E-state index is 11.3. The molecule has 0 radical (unpaired) electrons. The van der Waals surface area contributed by atoms with Crippen LogP contribution in [0.4, 0.5) is 0 Å². The van der Waals surface area contributed by atoms with E-state index in [0.29, 0.717) is 12.6 Å². The highest BCUT2D eigenvalue weighted by Crippen LogP contribution is 2.29. The van der Waals surface area contributed by atoms with Crippen molar-refractivity contribution in [3.8, 4) is 0 Å². The molecule has 4 N–H and O–H groups in total. The Labute approximate surface area is 174 Å². The molecule has 0 amide bonds. The first-order chi connectivity index (χ1) is 11.8. The molecule has 1 aliphatic rings. The van der Waals surface area contributed by atoms with Crippen LogP contribution in [0.25, 0.3) is 0 Å². The highest BCUT2D eigenvalue weighted by molar-refractivity contribution is 14.0. The summed E-state index contributed by atoms with van der Waals surface area (Å²) in [6.45, 7) is 5.19. The van der Waals surface area contributed by atoms with Gasteiger partial charge in [0, 0.05) is 19.6 Å². The number of benzene rings is 1. The predicted molar refractivity (Wildman–Crippen MR) is 117 cm³/mol. The van der Waals surface area contributed by atoms with Gasteiger partial charge >= 0.3 is 0 Å². The van der Waals surface area contributed by atoms with E-state index in [2.05, 4.69) is 29.5 Å². The molecule has 1 aromatic carbocycles. The normalized spacial score (nSPS) is 21.2. The molecule has 26 heavy (non-hydrogen) atoms. The average molecular weight is 494 g/mol. The van der Waals surface area contributed by atoms with E-state index in [9.17, 15) is 8.42 Å². The van der Waals surface area contributed by atoms with Gasteiger partial charge in [-0.2, -0.15) is 0 Å². The van der Waals surface area contributed by atoms with E-state index in [1.807, 2.05) is 0 Å². The molecular formula is C18H31IN4O2S. The van der Waals surface area contributed by atoms with E-state index < -0.39 is 10.0 Å². The molecule has 0 unspecified atom stereocenters. The van der Waals surface area contributed by atoms with Gasteiger partial charge in [0.25, 0.3) is 0 Å². The number of nitrogens with one attached hydrogen (secondary N) is 2. The van der Waals surface area contributed by atoms with Crippen LogP contribution in [0.5, 0.6) is 0 Å². The molecule has 0 bridgehead atoms. The number of hydrogen-bond acceptors (Lipinski definition) is 3. The summed E-state index contributed by atoms with van der Waals surface area (Å²) in [6.07, 6.45) is 4.88. The number of primary sulfonamides is 1. The van der Waals surface area contributed by atoms with Crippen molar-refractivity contribution in [2.75, 3.05) is 7.05 Å². The fraction of sp³-hybridized carbons (Fsp3) is 0.611. The van der Waals surface area contributed by atoms with Gasteiger partial charge in [-0.05, 0) is 55.2 Å². The molecule has 1 aliphatic carbocycles. The first-order valence-electron chi connectivity index (χ1n) is 8.88. The summed E-state index contributed by atoms with van der Waals surface area (Å²) in [4.78, 5) is 4.41. The standard InChI is InChI=1S/C18H30N4O2S.HI/c1-13(2)15-6-8-16(9-7-15)22-18(20-3)21-12-14-4-10-17(11-5-14)25(19,23)24;/h4-5,10-11,13,15-16H,6-9,12H2,1-3H3,(H2,19,23,24)(H2,20,21,22);1H. The quantitative estimate of drug-likeness (QED) is 0.333. The number of guanidine groups is 1. The van der Waals surface area contributed by atoms with Crippen molar-refractivity contribution in [1.82, 2.24) is 10.6 Å². The van der Waals surface area contributed by atoms with Gasteiger partial charge in [-0.3, -0.25) is 4.99 Å². The number of nitrogens with two attached hydrogens (primary N) is 1. The first kappa shape index (κ1) is 23.2. The first-order valence-corrected chi connectivity index (χ1v) is 10.4. The molecule has 1 fully saturated rings. The Morgan fingerprint density at radius 3 is 2.23 bits per heavy atom. The fourth-order valence-electron chi connectivity index (χ4n) is 3.30. The van der Waals surface area contributed by atoms with Gasteiger partial charge in [0.05, 0.1) is 4.90 Å². The zero-order chi connectivity index (χ0) is 18.4. The Kier molecular flexibility index (Phi) is 9.32. The molecule has 8 heteroatoms. The number of aliphatic imine (C=N–C) groups is 1. The zero-order valence-corrected chi connectivity index (χ0v) is 18.9. The minimum absolute atomic E-state index is 0. The second-order valence-electron chi connectivity index (χ2n) is 7.11. The summed E-state index contributed by atoms with van der Waals surface area (Å²) < 4.78 is 22.6. The van der Waals surface area contributed by atoms with Crippen molar-refractivity contribution >= 4 is 40.0 Å². The molecule has 0 atom stereocenters. The van der Waals surface area contributed by atoms with Crippen LogP contribution < -0.4 is 15.8 Å². The lowest BCUT2D eigenvalue weighted by molar-refractivity contribution is 0.250. The molecule has 0 saturated heterocycles. The monoisotopic (exact) mass is 494 g/mol. The Morgan fingerprint density at radius 1 is 1.19 bits per heavy atom. The van der Waals surface area contributed by atoms with Crippen LogP contribution in [-0.2, 0) is 16.6 Å². The second kappa shape index (κ2) is 10.5. The van der Waals surface area contributed by atoms with Crippen LogP contribution in [0.2, 0.25) is 0 Å². The molecular weight excluding hydrogens is 463 g/mol. The number of hydrogen-bond donors (Lipinski definition) is 3. The van der Waals surface area contributed by atoms with Crippen LogP contribution in [0.1, 0.15) is 45.1 Å². The van der Waals surface area contributed by atoms with E-state index in [1.165, 1.54) is 37.8 Å². The summed E-state index contributed by atoms with van der Waals surface area (Å²) >= 11 is 0. The summed E-state index contributed by atoms with van der Waals surface area (Å²) in [5, 5.41) is 11.9. The third-order valence-electron chi connectivity index (χ3n) is 4.99. The van der Waals surface area contributed by atoms with Gasteiger partial charge in [-0.1, -0.05) is 26.0 Å². The van der Waals surface area contributed by atoms with Crippen LogP contribution in [0.3, 0.4) is 0 Å². The summed E-state index contributed by atoms with van der Waals surface area (Å²) in [6, 6.07) is 7.03. The third kappa shape index (κ3) is 7.03. The van der Waals surface area contributed by atoms with Gasteiger partial charge in [-0.25, -0.2) is 13.6 Å².